The van der Waals surface area contributed by atoms with Gasteiger partial charge >= 0.3 is 5.97 Å². The average molecular weight is 258 g/mol. The second kappa shape index (κ2) is 6.15. The third-order valence-corrected chi connectivity index (χ3v) is 3.26. The number of nitrogens with zero attached hydrogens (tertiary/aromatic N) is 1. The Bertz CT molecular complexity index is 311. The zero-order valence-electron chi connectivity index (χ0n) is 11.0. The fraction of sp³-hybridized carbons (Fsp3) is 0.833. The van der Waals surface area contributed by atoms with Crippen molar-refractivity contribution in [3.8, 4) is 0 Å². The first-order valence-corrected chi connectivity index (χ1v) is 6.26. The van der Waals surface area contributed by atoms with Gasteiger partial charge in [0.2, 0.25) is 5.91 Å². The van der Waals surface area contributed by atoms with Crippen LogP contribution >= 0.6 is 0 Å². The lowest BCUT2D eigenvalue weighted by Crippen LogP contribution is -2.59. The summed E-state index contributed by atoms with van der Waals surface area (Å²) in [7, 11) is 0. The van der Waals surface area contributed by atoms with E-state index in [0.29, 0.717) is 26.1 Å². The molecular formula is C12H22N2O4. The van der Waals surface area contributed by atoms with E-state index in [-0.39, 0.29) is 24.9 Å². The SMILES string of the molecule is CC(C)N(CCC(=O)O)C(=O)C1(N)CCOCC1. The van der Waals surface area contributed by atoms with Gasteiger partial charge in [0.1, 0.15) is 0 Å². The monoisotopic (exact) mass is 258 g/mol. The highest BCUT2D eigenvalue weighted by atomic mass is 16.5. The number of carboxylic acid groups (broad SMARTS) is 1. The van der Waals surface area contributed by atoms with Gasteiger partial charge in [-0.2, -0.15) is 0 Å². The molecule has 0 radical (unpaired) electrons. The Morgan fingerprint density at radius 2 is 1.94 bits per heavy atom. The summed E-state index contributed by atoms with van der Waals surface area (Å²) >= 11 is 0. The van der Waals surface area contributed by atoms with Crippen molar-refractivity contribution < 1.29 is 19.4 Å². The van der Waals surface area contributed by atoms with Crippen molar-refractivity contribution >= 4 is 11.9 Å². The second-order valence-electron chi connectivity index (χ2n) is 5.00. The van der Waals surface area contributed by atoms with E-state index in [1.54, 1.807) is 4.90 Å². The van der Waals surface area contributed by atoms with Crippen molar-refractivity contribution in [2.45, 2.75) is 44.7 Å². The second-order valence-corrected chi connectivity index (χ2v) is 5.00. The molecule has 0 saturated carbocycles. The summed E-state index contributed by atoms with van der Waals surface area (Å²) in [5, 5.41) is 8.71. The fourth-order valence-electron chi connectivity index (χ4n) is 2.05. The maximum atomic E-state index is 12.4. The number of nitrogens with two attached hydrogens (primary N) is 1. The molecule has 0 atom stereocenters. The normalized spacial score (nSPS) is 18.7. The summed E-state index contributed by atoms with van der Waals surface area (Å²) in [6.07, 6.45) is 0.917. The van der Waals surface area contributed by atoms with E-state index in [9.17, 15) is 9.59 Å². The summed E-state index contributed by atoms with van der Waals surface area (Å²) < 4.78 is 5.21. The van der Waals surface area contributed by atoms with Crippen LogP contribution < -0.4 is 5.73 Å². The number of ether oxygens (including phenoxy) is 1. The minimum Gasteiger partial charge on any atom is -0.481 e. The molecule has 3 N–H and O–H groups in total. The van der Waals surface area contributed by atoms with Crippen molar-refractivity contribution in [3.63, 3.8) is 0 Å². The van der Waals surface area contributed by atoms with Crippen LogP contribution in [0, 0.1) is 0 Å². The number of amides is 1. The zero-order chi connectivity index (χ0) is 13.8. The number of carboxylic acids is 1. The highest BCUT2D eigenvalue weighted by Gasteiger charge is 2.39. The number of carbonyl (C=O) groups is 2. The van der Waals surface area contributed by atoms with E-state index in [1.807, 2.05) is 13.8 Å². The van der Waals surface area contributed by atoms with Crippen molar-refractivity contribution in [1.82, 2.24) is 4.90 Å². The third kappa shape index (κ3) is 3.68. The molecule has 1 heterocycles. The molecular weight excluding hydrogens is 236 g/mol. The van der Waals surface area contributed by atoms with Gasteiger partial charge in [0.25, 0.3) is 0 Å². The molecule has 0 aromatic rings. The van der Waals surface area contributed by atoms with E-state index in [4.69, 9.17) is 15.6 Å². The van der Waals surface area contributed by atoms with E-state index < -0.39 is 11.5 Å². The molecule has 18 heavy (non-hydrogen) atoms. The van der Waals surface area contributed by atoms with Crippen LogP contribution in [-0.4, -0.2) is 53.2 Å². The minimum atomic E-state index is -0.911. The van der Waals surface area contributed by atoms with Crippen molar-refractivity contribution in [2.24, 2.45) is 5.73 Å². The van der Waals surface area contributed by atoms with Crippen molar-refractivity contribution in [3.05, 3.63) is 0 Å². The predicted molar refractivity (Wildman–Crippen MR) is 66.1 cm³/mol. The summed E-state index contributed by atoms with van der Waals surface area (Å²) in [5.41, 5.74) is 5.23. The number of carbonyl (C=O) groups excluding carboxylic acids is 1. The van der Waals surface area contributed by atoms with Crippen LogP contribution in [0.5, 0.6) is 0 Å². The van der Waals surface area contributed by atoms with Crippen LogP contribution in [-0.2, 0) is 14.3 Å². The lowest BCUT2D eigenvalue weighted by molar-refractivity contribution is -0.144. The highest BCUT2D eigenvalue weighted by molar-refractivity contribution is 5.86. The minimum absolute atomic E-state index is 0.0554. The Balaban J connectivity index is 2.71. The molecule has 0 aliphatic carbocycles. The maximum Gasteiger partial charge on any atom is 0.305 e. The molecule has 104 valence electrons. The number of hydrogen-bond donors (Lipinski definition) is 2. The van der Waals surface area contributed by atoms with Crippen LogP contribution in [0.4, 0.5) is 0 Å². The van der Waals surface area contributed by atoms with Gasteiger partial charge in [-0.1, -0.05) is 0 Å². The van der Waals surface area contributed by atoms with E-state index >= 15 is 0 Å². The molecule has 1 rings (SSSR count). The molecule has 0 spiro atoms. The number of aliphatic carboxylic acids is 1. The lowest BCUT2D eigenvalue weighted by Gasteiger charge is -2.38. The van der Waals surface area contributed by atoms with Gasteiger partial charge in [0, 0.05) is 25.8 Å². The van der Waals surface area contributed by atoms with Crippen LogP contribution in [0.2, 0.25) is 0 Å². The molecule has 1 fully saturated rings. The highest BCUT2D eigenvalue weighted by Crippen LogP contribution is 2.21. The lowest BCUT2D eigenvalue weighted by atomic mass is 9.89. The molecule has 1 amide bonds. The molecule has 0 aromatic heterocycles. The van der Waals surface area contributed by atoms with Gasteiger partial charge in [-0.05, 0) is 26.7 Å². The van der Waals surface area contributed by atoms with Gasteiger partial charge in [-0.15, -0.1) is 0 Å². The summed E-state index contributed by atoms with van der Waals surface area (Å²) in [6, 6.07) is -0.0554. The summed E-state index contributed by atoms with van der Waals surface area (Å²) in [5.74, 6) is -1.08. The van der Waals surface area contributed by atoms with Crippen LogP contribution in [0.1, 0.15) is 33.1 Å². The van der Waals surface area contributed by atoms with Gasteiger partial charge in [0.15, 0.2) is 0 Å². The first-order valence-electron chi connectivity index (χ1n) is 6.26. The number of rotatable bonds is 5. The van der Waals surface area contributed by atoms with Gasteiger partial charge in [-0.3, -0.25) is 9.59 Å². The van der Waals surface area contributed by atoms with E-state index in [1.165, 1.54) is 0 Å². The largest absolute Gasteiger partial charge is 0.481 e. The molecule has 0 unspecified atom stereocenters. The standard InChI is InChI=1S/C12H22N2O4/c1-9(2)14(6-3-10(15)16)11(17)12(13)4-7-18-8-5-12/h9H,3-8,13H2,1-2H3,(H,15,16). The van der Waals surface area contributed by atoms with E-state index in [0.717, 1.165) is 0 Å². The van der Waals surface area contributed by atoms with E-state index in [2.05, 4.69) is 0 Å². The van der Waals surface area contributed by atoms with Crippen LogP contribution in [0.15, 0.2) is 0 Å². The Hall–Kier alpha value is -1.14. The quantitative estimate of drug-likeness (QED) is 0.735. The average Bonchev–Trinajstić information content (AvgIpc) is 2.29. The molecule has 0 bridgehead atoms. The summed E-state index contributed by atoms with van der Waals surface area (Å²) in [4.78, 5) is 24.6. The topological polar surface area (TPSA) is 92.9 Å². The van der Waals surface area contributed by atoms with Crippen molar-refractivity contribution in [1.29, 1.82) is 0 Å². The molecule has 1 saturated heterocycles. The third-order valence-electron chi connectivity index (χ3n) is 3.26. The number of hydrogen-bond acceptors (Lipinski definition) is 4. The zero-order valence-corrected chi connectivity index (χ0v) is 11.0. The molecule has 6 heteroatoms. The predicted octanol–water partition coefficient (Wildman–Crippen LogP) is 0.206. The Morgan fingerprint density at radius 1 is 1.39 bits per heavy atom. The summed E-state index contributed by atoms with van der Waals surface area (Å²) in [6.45, 7) is 4.89. The van der Waals surface area contributed by atoms with Crippen LogP contribution in [0.3, 0.4) is 0 Å². The Kier molecular flexibility index (Phi) is 5.10. The Morgan fingerprint density at radius 3 is 2.39 bits per heavy atom. The van der Waals surface area contributed by atoms with Gasteiger partial charge < -0.3 is 20.5 Å². The van der Waals surface area contributed by atoms with Gasteiger partial charge in [-0.25, -0.2) is 0 Å². The first-order chi connectivity index (χ1) is 8.37. The smallest absolute Gasteiger partial charge is 0.305 e. The van der Waals surface area contributed by atoms with Gasteiger partial charge in [0.05, 0.1) is 12.0 Å². The Labute approximate surface area is 107 Å². The van der Waals surface area contributed by atoms with Crippen molar-refractivity contribution in [2.75, 3.05) is 19.8 Å². The molecule has 0 aromatic carbocycles. The molecule has 1 aliphatic rings. The van der Waals surface area contributed by atoms with Crippen LogP contribution in [0.25, 0.3) is 0 Å². The molecule has 6 nitrogen and oxygen atoms in total. The fourth-order valence-corrected chi connectivity index (χ4v) is 2.05. The first kappa shape index (κ1) is 14.9. The molecule has 1 aliphatic heterocycles. The maximum absolute atomic E-state index is 12.4.